The molecule has 2 amide bonds. The maximum absolute atomic E-state index is 12.7. The first-order valence-corrected chi connectivity index (χ1v) is 9.48. The number of likely N-dealkylation sites (N-methyl/N-ethyl adjacent to an activating group) is 1. The number of carbonyl (C=O) groups excluding carboxylic acids is 2. The number of hydrogen-bond acceptors (Lipinski definition) is 4. The fourth-order valence-corrected chi connectivity index (χ4v) is 4.22. The van der Waals surface area contributed by atoms with Crippen molar-refractivity contribution in [1.82, 2.24) is 9.80 Å². The summed E-state index contributed by atoms with van der Waals surface area (Å²) in [5.74, 6) is -0.239. The van der Waals surface area contributed by atoms with Crippen molar-refractivity contribution in [3.05, 3.63) is 59.7 Å². The summed E-state index contributed by atoms with van der Waals surface area (Å²) < 4.78 is 5.64. The Hall–Kier alpha value is -2.86. The van der Waals surface area contributed by atoms with E-state index < -0.39 is 18.2 Å². The van der Waals surface area contributed by atoms with E-state index in [2.05, 4.69) is 24.3 Å². The highest BCUT2D eigenvalue weighted by Crippen LogP contribution is 2.44. The van der Waals surface area contributed by atoms with Gasteiger partial charge in [-0.1, -0.05) is 48.5 Å². The molecule has 2 aromatic carbocycles. The number of benzene rings is 2. The van der Waals surface area contributed by atoms with E-state index in [1.54, 1.807) is 14.1 Å². The molecule has 6 nitrogen and oxygen atoms in total. The fraction of sp³-hybridized carbons (Fsp3) is 0.364. The third-order valence-electron chi connectivity index (χ3n) is 5.58. The lowest BCUT2D eigenvalue weighted by molar-refractivity contribution is -0.133. The van der Waals surface area contributed by atoms with Crippen LogP contribution in [0, 0.1) is 0 Å². The van der Waals surface area contributed by atoms with Gasteiger partial charge in [-0.2, -0.15) is 0 Å². The van der Waals surface area contributed by atoms with Gasteiger partial charge in [-0.25, -0.2) is 4.79 Å². The normalized spacial score (nSPS) is 20.6. The van der Waals surface area contributed by atoms with Crippen LogP contribution in [0.1, 0.15) is 23.5 Å². The Kier molecular flexibility index (Phi) is 4.81. The molecule has 146 valence electrons. The number of rotatable bonds is 3. The molecule has 2 aliphatic rings. The van der Waals surface area contributed by atoms with Gasteiger partial charge in [-0.05, 0) is 22.3 Å². The molecule has 4 rings (SSSR count). The third-order valence-corrected chi connectivity index (χ3v) is 5.58. The Bertz CT molecular complexity index is 865. The lowest BCUT2D eigenvalue weighted by Crippen LogP contribution is -2.45. The molecule has 1 aliphatic heterocycles. The molecule has 0 spiro atoms. The minimum Gasteiger partial charge on any atom is -0.448 e. The molecule has 0 bridgehead atoms. The maximum atomic E-state index is 12.7. The molecule has 1 N–H and O–H groups in total. The largest absolute Gasteiger partial charge is 0.448 e. The molecule has 1 aliphatic carbocycles. The molecule has 0 unspecified atom stereocenters. The topological polar surface area (TPSA) is 70.1 Å². The van der Waals surface area contributed by atoms with E-state index in [1.807, 2.05) is 24.3 Å². The van der Waals surface area contributed by atoms with E-state index in [9.17, 15) is 14.7 Å². The van der Waals surface area contributed by atoms with Crippen molar-refractivity contribution in [2.45, 2.75) is 24.5 Å². The number of nitrogens with zero attached hydrogens (tertiary/aromatic N) is 2. The summed E-state index contributed by atoms with van der Waals surface area (Å²) >= 11 is 0. The van der Waals surface area contributed by atoms with Gasteiger partial charge in [-0.3, -0.25) is 9.69 Å². The van der Waals surface area contributed by atoms with Crippen LogP contribution in [0.4, 0.5) is 4.79 Å². The zero-order chi connectivity index (χ0) is 19.8. The van der Waals surface area contributed by atoms with E-state index in [0.717, 1.165) is 22.3 Å². The molecular weight excluding hydrogens is 356 g/mol. The van der Waals surface area contributed by atoms with Gasteiger partial charge >= 0.3 is 6.09 Å². The van der Waals surface area contributed by atoms with Crippen LogP contribution in [-0.2, 0) is 9.53 Å². The number of amides is 2. The number of carbonyl (C=O) groups is 2. The van der Waals surface area contributed by atoms with Crippen molar-refractivity contribution in [2.75, 3.05) is 27.2 Å². The smallest absolute Gasteiger partial charge is 0.410 e. The maximum Gasteiger partial charge on any atom is 0.410 e. The van der Waals surface area contributed by atoms with Gasteiger partial charge in [0, 0.05) is 26.4 Å². The van der Waals surface area contributed by atoms with Gasteiger partial charge in [0.15, 0.2) is 0 Å². The highest BCUT2D eigenvalue weighted by Gasteiger charge is 2.41. The second-order valence-corrected chi connectivity index (χ2v) is 7.59. The van der Waals surface area contributed by atoms with Crippen molar-refractivity contribution in [2.24, 2.45) is 0 Å². The standard InChI is InChI=1S/C22H24N2O4/c1-23(2)21(26)20-11-14(25)12-24(20)22(27)28-13-19-17-9-5-3-7-15(17)16-8-4-6-10-18(16)19/h3-10,14,19-20,25H,11-13H2,1-2H3/t14-,20-/m1/s1. The Labute approximate surface area is 164 Å². The van der Waals surface area contributed by atoms with Crippen LogP contribution in [0.2, 0.25) is 0 Å². The second kappa shape index (κ2) is 7.28. The van der Waals surface area contributed by atoms with Gasteiger partial charge in [0.2, 0.25) is 5.91 Å². The molecule has 28 heavy (non-hydrogen) atoms. The zero-order valence-electron chi connectivity index (χ0n) is 16.0. The summed E-state index contributed by atoms with van der Waals surface area (Å²) in [6.45, 7) is 0.309. The first-order chi connectivity index (χ1) is 13.5. The van der Waals surface area contributed by atoms with Crippen LogP contribution in [0.25, 0.3) is 11.1 Å². The number of β-amino-alcohol motifs (C(OH)–C–C–N with tert-alkyl or cyclic N) is 1. The average Bonchev–Trinajstić information content (AvgIpc) is 3.24. The number of hydrogen-bond donors (Lipinski definition) is 1. The molecule has 1 saturated heterocycles. The van der Waals surface area contributed by atoms with Gasteiger partial charge in [0.05, 0.1) is 12.6 Å². The molecule has 0 radical (unpaired) electrons. The second-order valence-electron chi connectivity index (χ2n) is 7.59. The van der Waals surface area contributed by atoms with Crippen molar-refractivity contribution in [3.8, 4) is 11.1 Å². The summed E-state index contributed by atoms with van der Waals surface area (Å²) in [6.07, 6.45) is -1.03. The van der Waals surface area contributed by atoms with E-state index in [1.165, 1.54) is 9.80 Å². The lowest BCUT2D eigenvalue weighted by Gasteiger charge is -2.26. The number of likely N-dealkylation sites (tertiary alicyclic amines) is 1. The number of aliphatic hydroxyl groups excluding tert-OH is 1. The van der Waals surface area contributed by atoms with E-state index >= 15 is 0 Å². The minimum absolute atomic E-state index is 0.0353. The molecule has 6 heteroatoms. The van der Waals surface area contributed by atoms with Crippen molar-refractivity contribution in [1.29, 1.82) is 0 Å². The molecule has 0 aromatic heterocycles. The molecule has 2 aromatic rings. The molecular formula is C22H24N2O4. The van der Waals surface area contributed by atoms with Gasteiger partial charge in [0.25, 0.3) is 0 Å². The lowest BCUT2D eigenvalue weighted by atomic mass is 9.98. The Balaban J connectivity index is 1.52. The predicted octanol–water partition coefficient (Wildman–Crippen LogP) is 2.46. The van der Waals surface area contributed by atoms with Crippen LogP contribution in [0.15, 0.2) is 48.5 Å². The molecule has 1 fully saturated rings. The van der Waals surface area contributed by atoms with Gasteiger partial charge in [-0.15, -0.1) is 0 Å². The van der Waals surface area contributed by atoms with Crippen molar-refractivity contribution in [3.63, 3.8) is 0 Å². The first-order valence-electron chi connectivity index (χ1n) is 9.48. The van der Waals surface area contributed by atoms with Crippen LogP contribution >= 0.6 is 0 Å². The summed E-state index contributed by atoms with van der Waals surface area (Å²) in [6, 6.07) is 15.6. The van der Waals surface area contributed by atoms with E-state index in [0.29, 0.717) is 0 Å². The van der Waals surface area contributed by atoms with Crippen LogP contribution in [0.3, 0.4) is 0 Å². The Morgan fingerprint density at radius 1 is 1.07 bits per heavy atom. The zero-order valence-corrected chi connectivity index (χ0v) is 16.0. The molecule has 1 heterocycles. The Morgan fingerprint density at radius 3 is 2.21 bits per heavy atom. The monoisotopic (exact) mass is 380 g/mol. The van der Waals surface area contributed by atoms with Crippen molar-refractivity contribution >= 4 is 12.0 Å². The van der Waals surface area contributed by atoms with Crippen molar-refractivity contribution < 1.29 is 19.4 Å². The minimum atomic E-state index is -0.714. The third kappa shape index (κ3) is 3.14. The SMILES string of the molecule is CN(C)C(=O)[C@H]1C[C@@H](O)CN1C(=O)OCC1c2ccccc2-c2ccccc21. The fourth-order valence-electron chi connectivity index (χ4n) is 4.22. The summed E-state index contributed by atoms with van der Waals surface area (Å²) in [4.78, 5) is 27.9. The highest BCUT2D eigenvalue weighted by atomic mass is 16.6. The first kappa shape index (κ1) is 18.5. The average molecular weight is 380 g/mol. The highest BCUT2D eigenvalue weighted by molar-refractivity contribution is 5.86. The Morgan fingerprint density at radius 2 is 1.64 bits per heavy atom. The molecule has 0 saturated carbocycles. The summed E-state index contributed by atoms with van der Waals surface area (Å²) in [7, 11) is 3.28. The number of ether oxygens (including phenoxy) is 1. The number of fused-ring (bicyclic) bond motifs is 3. The quantitative estimate of drug-likeness (QED) is 0.888. The summed E-state index contributed by atoms with van der Waals surface area (Å²) in [5.41, 5.74) is 4.60. The van der Waals surface area contributed by atoms with Gasteiger partial charge in [0.1, 0.15) is 12.6 Å². The summed E-state index contributed by atoms with van der Waals surface area (Å²) in [5, 5.41) is 9.97. The van der Waals surface area contributed by atoms with Crippen LogP contribution in [-0.4, -0.2) is 66.3 Å². The van der Waals surface area contributed by atoms with Crippen LogP contribution < -0.4 is 0 Å². The molecule has 2 atom stereocenters. The van der Waals surface area contributed by atoms with E-state index in [4.69, 9.17) is 4.74 Å². The predicted molar refractivity (Wildman–Crippen MR) is 105 cm³/mol. The van der Waals surface area contributed by atoms with Gasteiger partial charge < -0.3 is 14.7 Å². The number of aliphatic hydroxyl groups is 1. The van der Waals surface area contributed by atoms with E-state index in [-0.39, 0.29) is 31.4 Å². The van der Waals surface area contributed by atoms with Crippen LogP contribution in [0.5, 0.6) is 0 Å².